The molecule has 1 saturated heterocycles. The third kappa shape index (κ3) is 1.97. The Labute approximate surface area is 92.8 Å². The number of amides is 1. The van der Waals surface area contributed by atoms with Crippen LogP contribution in [0.2, 0.25) is 0 Å². The highest BCUT2D eigenvalue weighted by Gasteiger charge is 2.50. The van der Waals surface area contributed by atoms with E-state index in [4.69, 9.17) is 4.74 Å². The van der Waals surface area contributed by atoms with Crippen molar-refractivity contribution in [3.63, 3.8) is 0 Å². The van der Waals surface area contributed by atoms with Gasteiger partial charge in [0.05, 0.1) is 5.54 Å². The highest BCUT2D eigenvalue weighted by atomic mass is 16.6. The molecule has 1 amide bonds. The fraction of sp³-hybridized carbons (Fsp3) is 0.917. The molecule has 1 aliphatic rings. The van der Waals surface area contributed by atoms with Crippen LogP contribution in [0.15, 0.2) is 0 Å². The maximum absolute atomic E-state index is 11.8. The molecule has 0 aromatic carbocycles. The minimum absolute atomic E-state index is 0.0292. The van der Waals surface area contributed by atoms with E-state index in [1.54, 1.807) is 0 Å². The summed E-state index contributed by atoms with van der Waals surface area (Å²) in [5.74, 6) is 0.376. The Morgan fingerprint density at radius 1 is 1.47 bits per heavy atom. The standard InChI is InChI=1S/C12H23NO2/c1-6-8-13-11(14)15-10(9(3)4)12(13,5)7-2/h9-10H,6-8H2,1-5H3/t10-,12-/m0/s1. The first-order valence-corrected chi connectivity index (χ1v) is 5.95. The maximum atomic E-state index is 11.8. The van der Waals surface area contributed by atoms with Gasteiger partial charge in [-0.25, -0.2) is 4.79 Å². The zero-order chi connectivity index (χ0) is 11.6. The van der Waals surface area contributed by atoms with Crippen LogP contribution in [0.5, 0.6) is 0 Å². The Balaban J connectivity index is 2.93. The monoisotopic (exact) mass is 213 g/mol. The summed E-state index contributed by atoms with van der Waals surface area (Å²) in [4.78, 5) is 13.7. The molecular formula is C12H23NO2. The van der Waals surface area contributed by atoms with E-state index in [2.05, 4.69) is 34.6 Å². The first-order chi connectivity index (χ1) is 6.97. The van der Waals surface area contributed by atoms with Crippen molar-refractivity contribution < 1.29 is 9.53 Å². The smallest absolute Gasteiger partial charge is 0.410 e. The second kappa shape index (κ2) is 4.42. The topological polar surface area (TPSA) is 29.5 Å². The molecule has 1 heterocycles. The van der Waals surface area contributed by atoms with E-state index >= 15 is 0 Å². The molecule has 1 rings (SSSR count). The predicted octanol–water partition coefficient (Wildman–Crippen LogP) is 3.04. The van der Waals surface area contributed by atoms with Crippen LogP contribution in [0, 0.1) is 5.92 Å². The van der Waals surface area contributed by atoms with Crippen LogP contribution in [0.1, 0.15) is 47.5 Å². The Bertz CT molecular complexity index is 240. The number of carbonyl (C=O) groups excluding carboxylic acids is 1. The highest BCUT2D eigenvalue weighted by molar-refractivity contribution is 5.71. The second-order valence-electron chi connectivity index (χ2n) is 4.91. The number of carbonyl (C=O) groups is 1. The van der Waals surface area contributed by atoms with Crippen molar-refractivity contribution in [3.05, 3.63) is 0 Å². The van der Waals surface area contributed by atoms with Gasteiger partial charge >= 0.3 is 6.09 Å². The van der Waals surface area contributed by atoms with Crippen LogP contribution in [-0.2, 0) is 4.74 Å². The molecule has 0 saturated carbocycles. The highest BCUT2D eigenvalue weighted by Crippen LogP contribution is 2.37. The normalized spacial score (nSPS) is 31.2. The number of hydrogen-bond acceptors (Lipinski definition) is 2. The molecule has 0 radical (unpaired) electrons. The van der Waals surface area contributed by atoms with Crippen molar-refractivity contribution in [2.45, 2.75) is 59.1 Å². The maximum Gasteiger partial charge on any atom is 0.410 e. The minimum atomic E-state index is -0.139. The average molecular weight is 213 g/mol. The first-order valence-electron chi connectivity index (χ1n) is 5.95. The molecule has 88 valence electrons. The second-order valence-corrected chi connectivity index (χ2v) is 4.91. The Kier molecular flexibility index (Phi) is 3.63. The largest absolute Gasteiger partial charge is 0.443 e. The predicted molar refractivity (Wildman–Crippen MR) is 60.8 cm³/mol. The van der Waals surface area contributed by atoms with Crippen LogP contribution < -0.4 is 0 Å². The molecule has 0 N–H and O–H groups in total. The number of hydrogen-bond donors (Lipinski definition) is 0. The van der Waals surface area contributed by atoms with Gasteiger partial charge in [-0.15, -0.1) is 0 Å². The fourth-order valence-electron chi connectivity index (χ4n) is 2.48. The molecule has 3 nitrogen and oxygen atoms in total. The quantitative estimate of drug-likeness (QED) is 0.718. The molecule has 3 heteroatoms. The summed E-state index contributed by atoms with van der Waals surface area (Å²) in [5.41, 5.74) is -0.124. The molecule has 0 aliphatic carbocycles. The molecule has 1 aliphatic heterocycles. The lowest BCUT2D eigenvalue weighted by atomic mass is 9.84. The summed E-state index contributed by atoms with van der Waals surface area (Å²) >= 11 is 0. The van der Waals surface area contributed by atoms with Crippen LogP contribution >= 0.6 is 0 Å². The van der Waals surface area contributed by atoms with E-state index in [-0.39, 0.29) is 17.7 Å². The molecule has 0 bridgehead atoms. The van der Waals surface area contributed by atoms with E-state index in [0.29, 0.717) is 5.92 Å². The molecule has 0 unspecified atom stereocenters. The minimum Gasteiger partial charge on any atom is -0.443 e. The number of nitrogens with zero attached hydrogens (tertiary/aromatic N) is 1. The van der Waals surface area contributed by atoms with Crippen LogP contribution in [0.25, 0.3) is 0 Å². The molecule has 1 fully saturated rings. The van der Waals surface area contributed by atoms with E-state index in [0.717, 1.165) is 19.4 Å². The van der Waals surface area contributed by atoms with Gasteiger partial charge < -0.3 is 4.74 Å². The van der Waals surface area contributed by atoms with Crippen molar-refractivity contribution in [1.29, 1.82) is 0 Å². The van der Waals surface area contributed by atoms with Crippen LogP contribution in [0.4, 0.5) is 4.79 Å². The van der Waals surface area contributed by atoms with Crippen LogP contribution in [0.3, 0.4) is 0 Å². The first kappa shape index (κ1) is 12.3. The van der Waals surface area contributed by atoms with Gasteiger partial charge in [-0.2, -0.15) is 0 Å². The van der Waals surface area contributed by atoms with Gasteiger partial charge in [0.25, 0.3) is 0 Å². The van der Waals surface area contributed by atoms with Gasteiger partial charge in [-0.1, -0.05) is 27.7 Å². The van der Waals surface area contributed by atoms with Gasteiger partial charge in [-0.3, -0.25) is 4.90 Å². The zero-order valence-corrected chi connectivity index (χ0v) is 10.5. The van der Waals surface area contributed by atoms with Crippen LogP contribution in [-0.4, -0.2) is 29.2 Å². The Hall–Kier alpha value is -0.730. The van der Waals surface area contributed by atoms with Crippen molar-refractivity contribution in [2.24, 2.45) is 5.92 Å². The third-order valence-electron chi connectivity index (χ3n) is 3.45. The summed E-state index contributed by atoms with van der Waals surface area (Å²) in [6, 6.07) is 0. The molecule has 15 heavy (non-hydrogen) atoms. The SMILES string of the molecule is CCCN1C(=O)O[C@@H](C(C)C)[C@]1(C)CC. The summed E-state index contributed by atoms with van der Waals surface area (Å²) in [6.07, 6.45) is 1.82. The van der Waals surface area contributed by atoms with Gasteiger partial charge in [0.2, 0.25) is 0 Å². The number of cyclic esters (lactones) is 1. The lowest BCUT2D eigenvalue weighted by Crippen LogP contribution is -2.50. The van der Waals surface area contributed by atoms with E-state index in [1.807, 2.05) is 4.90 Å². The summed E-state index contributed by atoms with van der Waals surface area (Å²) < 4.78 is 5.48. The van der Waals surface area contributed by atoms with Gasteiger partial charge in [-0.05, 0) is 25.7 Å². The Morgan fingerprint density at radius 2 is 2.07 bits per heavy atom. The lowest BCUT2D eigenvalue weighted by Gasteiger charge is -2.36. The van der Waals surface area contributed by atoms with Gasteiger partial charge in [0.1, 0.15) is 6.10 Å². The third-order valence-corrected chi connectivity index (χ3v) is 3.45. The number of ether oxygens (including phenoxy) is 1. The van der Waals surface area contributed by atoms with E-state index in [1.165, 1.54) is 0 Å². The lowest BCUT2D eigenvalue weighted by molar-refractivity contribution is 0.0654. The van der Waals surface area contributed by atoms with Gasteiger partial charge in [0, 0.05) is 6.54 Å². The molecule has 0 spiro atoms. The fourth-order valence-corrected chi connectivity index (χ4v) is 2.48. The molecule has 0 aromatic heterocycles. The van der Waals surface area contributed by atoms with Crippen molar-refractivity contribution in [3.8, 4) is 0 Å². The van der Waals surface area contributed by atoms with E-state index in [9.17, 15) is 4.79 Å². The summed E-state index contributed by atoms with van der Waals surface area (Å²) in [6.45, 7) is 11.4. The zero-order valence-electron chi connectivity index (χ0n) is 10.5. The van der Waals surface area contributed by atoms with Crippen molar-refractivity contribution >= 4 is 6.09 Å². The van der Waals surface area contributed by atoms with E-state index < -0.39 is 0 Å². The van der Waals surface area contributed by atoms with Gasteiger partial charge in [0.15, 0.2) is 0 Å². The average Bonchev–Trinajstić information content (AvgIpc) is 2.43. The Morgan fingerprint density at radius 3 is 2.47 bits per heavy atom. The van der Waals surface area contributed by atoms with Crippen molar-refractivity contribution in [1.82, 2.24) is 4.90 Å². The van der Waals surface area contributed by atoms with Crippen molar-refractivity contribution in [2.75, 3.05) is 6.54 Å². The molecular weight excluding hydrogens is 190 g/mol. The summed E-state index contributed by atoms with van der Waals surface area (Å²) in [5, 5.41) is 0. The summed E-state index contributed by atoms with van der Waals surface area (Å²) in [7, 11) is 0. The molecule has 2 atom stereocenters. The number of rotatable bonds is 4. The molecule has 0 aromatic rings.